The van der Waals surface area contributed by atoms with Gasteiger partial charge in [0.05, 0.1) is 35.2 Å². The lowest BCUT2D eigenvalue weighted by Crippen LogP contribution is -2.42. The van der Waals surface area contributed by atoms with E-state index in [0.29, 0.717) is 17.3 Å². The normalized spacial score (nSPS) is 15.7. The van der Waals surface area contributed by atoms with E-state index >= 15 is 0 Å². The summed E-state index contributed by atoms with van der Waals surface area (Å²) in [5, 5.41) is 7.62. The molecule has 202 valence electrons. The van der Waals surface area contributed by atoms with Gasteiger partial charge in [0.15, 0.2) is 0 Å². The van der Waals surface area contributed by atoms with Crippen molar-refractivity contribution in [1.82, 2.24) is 15.1 Å². The summed E-state index contributed by atoms with van der Waals surface area (Å²) in [5.41, 5.74) is 3.89. The third kappa shape index (κ3) is 5.49. The highest BCUT2D eigenvalue weighted by atomic mass is 32.2. The number of rotatable bonds is 6. The molecule has 5 rings (SSSR count). The Morgan fingerprint density at radius 3 is 2.64 bits per heavy atom. The van der Waals surface area contributed by atoms with E-state index in [1.54, 1.807) is 35.2 Å². The number of benzene rings is 2. The van der Waals surface area contributed by atoms with E-state index in [0.717, 1.165) is 22.4 Å². The summed E-state index contributed by atoms with van der Waals surface area (Å²) in [7, 11) is 0. The van der Waals surface area contributed by atoms with Gasteiger partial charge in [-0.15, -0.1) is 11.8 Å². The first-order valence-corrected chi connectivity index (χ1v) is 13.8. The Labute approximate surface area is 231 Å². The summed E-state index contributed by atoms with van der Waals surface area (Å²) < 4.78 is 21.4. The van der Waals surface area contributed by atoms with Gasteiger partial charge in [0.1, 0.15) is 23.9 Å². The van der Waals surface area contributed by atoms with Crippen molar-refractivity contribution >= 4 is 29.4 Å². The lowest BCUT2D eigenvalue weighted by atomic mass is 9.86. The molecule has 9 heteroatoms. The molecule has 1 aliphatic rings. The Morgan fingerprint density at radius 2 is 1.95 bits per heavy atom. The number of carbonyl (C=O) groups excluding carboxylic acids is 2. The number of aromatic nitrogens is 2. The summed E-state index contributed by atoms with van der Waals surface area (Å²) in [6.07, 6.45) is 1.54. The average Bonchev–Trinajstić information content (AvgIpc) is 3.53. The fraction of sp³-hybridized carbons (Fsp3) is 0.300. The van der Waals surface area contributed by atoms with Crippen LogP contribution in [0.5, 0.6) is 0 Å². The molecule has 0 bridgehead atoms. The Bertz CT molecular complexity index is 1510. The van der Waals surface area contributed by atoms with E-state index in [4.69, 9.17) is 9.52 Å². The van der Waals surface area contributed by atoms with Crippen molar-refractivity contribution in [3.05, 3.63) is 101 Å². The molecule has 7 nitrogen and oxygen atoms in total. The summed E-state index contributed by atoms with van der Waals surface area (Å²) in [4.78, 5) is 28.3. The molecule has 3 heterocycles. The van der Waals surface area contributed by atoms with Gasteiger partial charge in [-0.1, -0.05) is 51.1 Å². The van der Waals surface area contributed by atoms with Crippen molar-refractivity contribution in [2.75, 3.05) is 17.2 Å². The van der Waals surface area contributed by atoms with Gasteiger partial charge in [-0.3, -0.25) is 14.5 Å². The van der Waals surface area contributed by atoms with Crippen molar-refractivity contribution in [3.63, 3.8) is 0 Å². The first-order chi connectivity index (χ1) is 18.6. The zero-order valence-electron chi connectivity index (χ0n) is 22.4. The molecule has 0 radical (unpaired) electrons. The molecule has 0 saturated carbocycles. The van der Waals surface area contributed by atoms with Crippen LogP contribution >= 0.6 is 11.8 Å². The molecule has 1 unspecified atom stereocenters. The van der Waals surface area contributed by atoms with Crippen LogP contribution in [0.3, 0.4) is 0 Å². The number of hydrogen-bond donors (Lipinski definition) is 1. The Morgan fingerprint density at radius 1 is 1.15 bits per heavy atom. The second-order valence-corrected chi connectivity index (χ2v) is 11.7. The molecule has 0 aliphatic carbocycles. The van der Waals surface area contributed by atoms with Crippen LogP contribution in [0.2, 0.25) is 0 Å². The molecule has 4 aromatic rings. The van der Waals surface area contributed by atoms with Gasteiger partial charge in [0.2, 0.25) is 11.8 Å². The smallest absolute Gasteiger partial charge is 0.240 e. The van der Waals surface area contributed by atoms with Gasteiger partial charge >= 0.3 is 0 Å². The Balaban J connectivity index is 1.69. The first kappa shape index (κ1) is 26.7. The van der Waals surface area contributed by atoms with E-state index in [2.05, 4.69) is 45.1 Å². The molecule has 2 aromatic carbocycles. The maximum absolute atomic E-state index is 14.4. The lowest BCUT2D eigenvalue weighted by Gasteiger charge is -2.25. The average molecular weight is 547 g/mol. The molecule has 0 saturated heterocycles. The minimum absolute atomic E-state index is 0.172. The highest BCUT2D eigenvalue weighted by Crippen LogP contribution is 2.49. The molecule has 0 spiro atoms. The Hall–Kier alpha value is -3.85. The fourth-order valence-electron chi connectivity index (χ4n) is 4.79. The number of thioether (sulfide) groups is 1. The maximum Gasteiger partial charge on any atom is 0.240 e. The number of halogens is 1. The van der Waals surface area contributed by atoms with Crippen molar-refractivity contribution in [2.45, 2.75) is 44.9 Å². The number of anilines is 1. The zero-order chi connectivity index (χ0) is 27.7. The van der Waals surface area contributed by atoms with Crippen LogP contribution in [0.1, 0.15) is 54.2 Å². The highest BCUT2D eigenvalue weighted by molar-refractivity contribution is 8.00. The van der Waals surface area contributed by atoms with Gasteiger partial charge in [-0.05, 0) is 48.4 Å². The minimum Gasteiger partial charge on any atom is -0.467 e. The van der Waals surface area contributed by atoms with Crippen molar-refractivity contribution < 1.29 is 18.4 Å². The van der Waals surface area contributed by atoms with Gasteiger partial charge in [-0.25, -0.2) is 9.07 Å². The van der Waals surface area contributed by atoms with Crippen LogP contribution in [0.4, 0.5) is 10.2 Å². The second-order valence-electron chi connectivity index (χ2n) is 10.6. The molecular weight excluding hydrogens is 515 g/mol. The van der Waals surface area contributed by atoms with Crippen LogP contribution in [-0.2, 0) is 21.5 Å². The van der Waals surface area contributed by atoms with Crippen molar-refractivity contribution in [2.24, 2.45) is 0 Å². The highest BCUT2D eigenvalue weighted by Gasteiger charge is 2.40. The number of furan rings is 1. The summed E-state index contributed by atoms with van der Waals surface area (Å²) in [5.74, 6) is 0.300. The first-order valence-electron chi connectivity index (χ1n) is 12.8. The summed E-state index contributed by atoms with van der Waals surface area (Å²) in [6, 6.07) is 17.7. The van der Waals surface area contributed by atoms with Gasteiger partial charge < -0.3 is 9.73 Å². The predicted molar refractivity (Wildman–Crippen MR) is 151 cm³/mol. The second kappa shape index (κ2) is 10.7. The lowest BCUT2D eigenvalue weighted by molar-refractivity contribution is -0.123. The SMILES string of the molecule is Cc1ccccc1C1SCC(=O)N(CC(=O)NCc2ccco2)c2c1c(C(C)(C)C)nn2-c1cccc(F)c1. The third-order valence-corrected chi connectivity index (χ3v) is 7.90. The van der Waals surface area contributed by atoms with Gasteiger partial charge in [0, 0.05) is 11.0 Å². The molecule has 2 aromatic heterocycles. The van der Waals surface area contributed by atoms with E-state index < -0.39 is 11.2 Å². The van der Waals surface area contributed by atoms with Gasteiger partial charge in [-0.2, -0.15) is 5.10 Å². The summed E-state index contributed by atoms with van der Waals surface area (Å²) >= 11 is 1.52. The van der Waals surface area contributed by atoms with E-state index in [-0.39, 0.29) is 35.9 Å². The van der Waals surface area contributed by atoms with Crippen LogP contribution in [0.15, 0.2) is 71.3 Å². The molecule has 39 heavy (non-hydrogen) atoms. The van der Waals surface area contributed by atoms with Crippen LogP contribution in [0, 0.1) is 12.7 Å². The van der Waals surface area contributed by atoms with Gasteiger partial charge in [0.25, 0.3) is 0 Å². The standard InChI is InChI=1S/C30H31FN4O3S/c1-19-9-5-6-13-23(19)27-26-28(30(2,3)4)33-35(21-11-7-10-20(31)15-21)29(26)34(25(37)18-39-27)17-24(36)32-16-22-12-8-14-38-22/h5-15,27H,16-18H2,1-4H3,(H,32,36). The molecular formula is C30H31FN4O3S. The van der Waals surface area contributed by atoms with Crippen molar-refractivity contribution in [3.8, 4) is 5.69 Å². The zero-order valence-corrected chi connectivity index (χ0v) is 23.2. The largest absolute Gasteiger partial charge is 0.467 e. The number of nitrogens with one attached hydrogen (secondary N) is 1. The molecule has 0 fully saturated rings. The number of carbonyl (C=O) groups is 2. The monoisotopic (exact) mass is 546 g/mol. The van der Waals surface area contributed by atoms with Crippen LogP contribution in [-0.4, -0.2) is 33.9 Å². The van der Waals surface area contributed by atoms with E-state index in [1.165, 1.54) is 28.8 Å². The third-order valence-electron chi connectivity index (χ3n) is 6.66. The van der Waals surface area contributed by atoms with Crippen LogP contribution in [0.25, 0.3) is 5.69 Å². The van der Waals surface area contributed by atoms with E-state index in [9.17, 15) is 14.0 Å². The van der Waals surface area contributed by atoms with Crippen LogP contribution < -0.4 is 10.2 Å². The molecule has 1 N–H and O–H groups in total. The topological polar surface area (TPSA) is 80.4 Å². The predicted octanol–water partition coefficient (Wildman–Crippen LogP) is 5.70. The summed E-state index contributed by atoms with van der Waals surface area (Å²) in [6.45, 7) is 8.25. The number of fused-ring (bicyclic) bond motifs is 1. The number of aryl methyl sites for hydroxylation is 1. The number of hydrogen-bond acceptors (Lipinski definition) is 5. The minimum atomic E-state index is -0.415. The Kier molecular flexibility index (Phi) is 7.36. The fourth-order valence-corrected chi connectivity index (χ4v) is 6.08. The molecule has 1 atom stereocenters. The number of amides is 2. The molecule has 1 aliphatic heterocycles. The maximum atomic E-state index is 14.4. The molecule has 2 amide bonds. The van der Waals surface area contributed by atoms with E-state index in [1.807, 2.05) is 12.1 Å². The quantitative estimate of drug-likeness (QED) is 0.336. The number of nitrogens with zero attached hydrogens (tertiary/aromatic N) is 3. The van der Waals surface area contributed by atoms with Crippen molar-refractivity contribution in [1.29, 1.82) is 0 Å².